The largest absolute Gasteiger partial charge is 0.351 e. The van der Waals surface area contributed by atoms with Crippen LogP contribution in [0.2, 0.25) is 0 Å². The molecule has 1 heterocycles. The number of nitrogens with one attached hydrogen (secondary N) is 1. The van der Waals surface area contributed by atoms with E-state index < -0.39 is 5.41 Å². The molecular formula is C23H24BrN3O. The summed E-state index contributed by atoms with van der Waals surface area (Å²) in [6.45, 7) is 1.33. The van der Waals surface area contributed by atoms with Crippen LogP contribution in [0.3, 0.4) is 0 Å². The summed E-state index contributed by atoms with van der Waals surface area (Å²) >= 11 is 3.55. The lowest BCUT2D eigenvalue weighted by Gasteiger charge is -2.28. The van der Waals surface area contributed by atoms with Crippen molar-refractivity contribution in [1.29, 1.82) is 0 Å². The molecule has 3 aromatic rings. The first-order chi connectivity index (χ1) is 13.7. The van der Waals surface area contributed by atoms with Crippen LogP contribution < -0.4 is 5.32 Å². The van der Waals surface area contributed by atoms with Crippen LogP contribution in [0.15, 0.2) is 71.7 Å². The van der Waals surface area contributed by atoms with Gasteiger partial charge in [0, 0.05) is 30.0 Å². The molecule has 1 amide bonds. The summed E-state index contributed by atoms with van der Waals surface area (Å²) < 4.78 is 3.06. The molecule has 4 rings (SSSR count). The summed E-state index contributed by atoms with van der Waals surface area (Å²) in [7, 11) is 0. The van der Waals surface area contributed by atoms with Gasteiger partial charge >= 0.3 is 0 Å². The van der Waals surface area contributed by atoms with Crippen molar-refractivity contribution in [2.24, 2.45) is 0 Å². The summed E-state index contributed by atoms with van der Waals surface area (Å²) in [6.07, 6.45) is 9.58. The Kier molecular flexibility index (Phi) is 5.62. The number of hydrogen-bond donors (Lipinski definition) is 1. The fourth-order valence-electron chi connectivity index (χ4n) is 4.19. The zero-order chi connectivity index (χ0) is 19.4. The summed E-state index contributed by atoms with van der Waals surface area (Å²) in [5, 5.41) is 3.21. The molecule has 0 atom stereocenters. The van der Waals surface area contributed by atoms with Crippen LogP contribution in [0.1, 0.15) is 42.4 Å². The first-order valence-electron chi connectivity index (χ1n) is 9.74. The van der Waals surface area contributed by atoms with E-state index in [-0.39, 0.29) is 5.91 Å². The maximum Gasteiger partial charge on any atom is 0.230 e. The van der Waals surface area contributed by atoms with Gasteiger partial charge in [0.1, 0.15) is 0 Å². The van der Waals surface area contributed by atoms with Gasteiger partial charge in [0.15, 0.2) is 0 Å². The van der Waals surface area contributed by atoms with E-state index >= 15 is 0 Å². The van der Waals surface area contributed by atoms with Crippen molar-refractivity contribution >= 4 is 21.8 Å². The highest BCUT2D eigenvalue weighted by Gasteiger charge is 2.42. The van der Waals surface area contributed by atoms with Crippen molar-refractivity contribution in [2.75, 3.05) is 0 Å². The molecule has 0 unspecified atom stereocenters. The van der Waals surface area contributed by atoms with Gasteiger partial charge in [-0.25, -0.2) is 4.98 Å². The first-order valence-corrected chi connectivity index (χ1v) is 10.5. The number of aromatic nitrogens is 2. The highest BCUT2D eigenvalue weighted by atomic mass is 79.9. The van der Waals surface area contributed by atoms with E-state index in [4.69, 9.17) is 0 Å². The predicted molar refractivity (Wildman–Crippen MR) is 114 cm³/mol. The second kappa shape index (κ2) is 8.31. The number of amides is 1. The van der Waals surface area contributed by atoms with Crippen molar-refractivity contribution in [3.63, 3.8) is 0 Å². The molecule has 0 saturated heterocycles. The molecule has 0 bridgehead atoms. The molecule has 1 N–H and O–H groups in total. The van der Waals surface area contributed by atoms with Gasteiger partial charge in [-0.3, -0.25) is 4.79 Å². The molecule has 0 aliphatic heterocycles. The molecule has 1 aliphatic rings. The lowest BCUT2D eigenvalue weighted by Crippen LogP contribution is -2.42. The first kappa shape index (κ1) is 18.9. The topological polar surface area (TPSA) is 46.9 Å². The normalized spacial score (nSPS) is 15.5. The molecule has 1 fully saturated rings. The molecule has 4 nitrogen and oxygen atoms in total. The summed E-state index contributed by atoms with van der Waals surface area (Å²) in [4.78, 5) is 17.3. The third kappa shape index (κ3) is 4.04. The van der Waals surface area contributed by atoms with Crippen molar-refractivity contribution < 1.29 is 4.79 Å². The lowest BCUT2D eigenvalue weighted by molar-refractivity contribution is -0.126. The molecule has 0 radical (unpaired) electrons. The van der Waals surface area contributed by atoms with E-state index in [1.54, 1.807) is 6.20 Å². The highest BCUT2D eigenvalue weighted by Crippen LogP contribution is 2.42. The average molecular weight is 438 g/mol. The number of halogens is 1. The Labute approximate surface area is 174 Å². The summed E-state index contributed by atoms with van der Waals surface area (Å²) in [6, 6.07) is 16.6. The zero-order valence-electron chi connectivity index (χ0n) is 15.8. The summed E-state index contributed by atoms with van der Waals surface area (Å²) in [5.41, 5.74) is 3.03. The van der Waals surface area contributed by atoms with Gasteiger partial charge in [0.25, 0.3) is 0 Å². The molecule has 144 valence electrons. The lowest BCUT2D eigenvalue weighted by atomic mass is 9.78. The van der Waals surface area contributed by atoms with Crippen LogP contribution in [0.25, 0.3) is 0 Å². The van der Waals surface area contributed by atoms with Crippen LogP contribution in [-0.2, 0) is 23.3 Å². The predicted octanol–water partition coefficient (Wildman–Crippen LogP) is 4.82. The van der Waals surface area contributed by atoms with Gasteiger partial charge < -0.3 is 9.88 Å². The van der Waals surface area contributed by atoms with Crippen LogP contribution in [0, 0.1) is 0 Å². The monoisotopic (exact) mass is 437 g/mol. The Hall–Kier alpha value is -2.40. The number of imidazole rings is 1. The minimum atomic E-state index is -0.405. The summed E-state index contributed by atoms with van der Waals surface area (Å²) in [5.74, 6) is 0.142. The van der Waals surface area contributed by atoms with Crippen molar-refractivity contribution in [3.8, 4) is 0 Å². The second-order valence-electron chi connectivity index (χ2n) is 7.54. The molecule has 0 spiro atoms. The van der Waals surface area contributed by atoms with E-state index in [0.29, 0.717) is 6.54 Å². The minimum Gasteiger partial charge on any atom is -0.351 e. The Bertz CT molecular complexity index is 946. The fraction of sp³-hybridized carbons (Fsp3) is 0.304. The highest BCUT2D eigenvalue weighted by molar-refractivity contribution is 9.10. The van der Waals surface area contributed by atoms with Crippen LogP contribution in [-0.4, -0.2) is 15.5 Å². The second-order valence-corrected chi connectivity index (χ2v) is 8.45. The van der Waals surface area contributed by atoms with Gasteiger partial charge in [-0.1, -0.05) is 65.2 Å². The van der Waals surface area contributed by atoms with Gasteiger partial charge in [0.2, 0.25) is 5.91 Å². The number of carbonyl (C=O) groups is 1. The molecule has 1 aromatic heterocycles. The van der Waals surface area contributed by atoms with Crippen LogP contribution in [0.5, 0.6) is 0 Å². The maximum atomic E-state index is 13.3. The molecule has 1 aliphatic carbocycles. The van der Waals surface area contributed by atoms with E-state index in [9.17, 15) is 4.79 Å². The Morgan fingerprint density at radius 1 is 1.11 bits per heavy atom. The Morgan fingerprint density at radius 2 is 1.89 bits per heavy atom. The average Bonchev–Trinajstić information content (AvgIpc) is 3.39. The quantitative estimate of drug-likeness (QED) is 0.600. The zero-order valence-corrected chi connectivity index (χ0v) is 17.4. The van der Waals surface area contributed by atoms with E-state index in [2.05, 4.69) is 56.6 Å². The SMILES string of the molecule is O=C(NCc1cccc(Cn2ccnc2)c1)C1(c2cccc(Br)c2)CCCC1. The smallest absolute Gasteiger partial charge is 0.230 e. The standard InChI is InChI=1S/C23H24BrN3O/c24-21-8-4-7-20(14-21)23(9-1-2-10-23)22(28)26-15-18-5-3-6-19(13-18)16-27-12-11-25-17-27/h3-8,11-14,17H,1-2,9-10,15-16H2,(H,26,28). The third-order valence-electron chi connectivity index (χ3n) is 5.64. The van der Waals surface area contributed by atoms with Gasteiger partial charge in [0.05, 0.1) is 11.7 Å². The van der Waals surface area contributed by atoms with Gasteiger partial charge in [-0.2, -0.15) is 0 Å². The minimum absolute atomic E-state index is 0.142. The molecule has 5 heteroatoms. The van der Waals surface area contributed by atoms with E-state index in [0.717, 1.165) is 47.8 Å². The van der Waals surface area contributed by atoms with Gasteiger partial charge in [-0.15, -0.1) is 0 Å². The molecule has 1 saturated carbocycles. The van der Waals surface area contributed by atoms with Crippen molar-refractivity contribution in [1.82, 2.24) is 14.9 Å². The third-order valence-corrected chi connectivity index (χ3v) is 6.13. The molecule has 28 heavy (non-hydrogen) atoms. The Morgan fingerprint density at radius 3 is 2.64 bits per heavy atom. The maximum absolute atomic E-state index is 13.3. The van der Waals surface area contributed by atoms with Gasteiger partial charge in [-0.05, 0) is 41.7 Å². The Balaban J connectivity index is 1.47. The number of rotatable bonds is 6. The number of hydrogen-bond acceptors (Lipinski definition) is 2. The van der Waals surface area contributed by atoms with Crippen molar-refractivity contribution in [3.05, 3.63) is 88.4 Å². The molecular weight excluding hydrogens is 414 g/mol. The molecule has 2 aromatic carbocycles. The fourth-order valence-corrected chi connectivity index (χ4v) is 4.59. The number of carbonyl (C=O) groups excluding carboxylic acids is 1. The van der Waals surface area contributed by atoms with E-state index in [1.807, 2.05) is 35.3 Å². The van der Waals surface area contributed by atoms with E-state index in [1.165, 1.54) is 5.56 Å². The van der Waals surface area contributed by atoms with Crippen LogP contribution >= 0.6 is 15.9 Å². The number of benzene rings is 2. The van der Waals surface area contributed by atoms with Crippen LogP contribution in [0.4, 0.5) is 0 Å². The van der Waals surface area contributed by atoms with Crippen molar-refractivity contribution in [2.45, 2.75) is 44.2 Å². The number of nitrogens with zero attached hydrogens (tertiary/aromatic N) is 2.